The minimum atomic E-state index is -0.154. The van der Waals surface area contributed by atoms with Gasteiger partial charge in [-0.1, -0.05) is 18.2 Å². The Hall–Kier alpha value is -1.07. The van der Waals surface area contributed by atoms with Crippen LogP contribution in [0.1, 0.15) is 18.4 Å². The van der Waals surface area contributed by atoms with Gasteiger partial charge in [0, 0.05) is 24.0 Å². The number of halogens is 1. The fourth-order valence-corrected chi connectivity index (χ4v) is 3.12. The fraction of sp³-hybridized carbons (Fsp3) is 0.533. The number of nitrogens with one attached hydrogen (secondary N) is 2. The molecule has 1 heterocycles. The van der Waals surface area contributed by atoms with E-state index >= 15 is 0 Å². The molecule has 5 heteroatoms. The van der Waals surface area contributed by atoms with Crippen molar-refractivity contribution < 1.29 is 9.18 Å². The highest BCUT2D eigenvalue weighted by Gasteiger charge is 2.19. The van der Waals surface area contributed by atoms with Crippen LogP contribution in [-0.4, -0.2) is 31.3 Å². The number of rotatable bonds is 6. The predicted molar refractivity (Wildman–Crippen MR) is 81.2 cm³/mol. The van der Waals surface area contributed by atoms with Crippen LogP contribution >= 0.6 is 11.8 Å². The van der Waals surface area contributed by atoms with Gasteiger partial charge in [-0.2, -0.15) is 11.8 Å². The topological polar surface area (TPSA) is 41.1 Å². The van der Waals surface area contributed by atoms with Crippen LogP contribution in [0, 0.1) is 11.7 Å². The summed E-state index contributed by atoms with van der Waals surface area (Å²) in [6.45, 7) is 2.52. The van der Waals surface area contributed by atoms with E-state index in [0.717, 1.165) is 37.2 Å². The average Bonchev–Trinajstić information content (AvgIpc) is 2.49. The zero-order chi connectivity index (χ0) is 14.2. The van der Waals surface area contributed by atoms with Crippen molar-refractivity contribution in [2.45, 2.75) is 18.6 Å². The molecular formula is C15H21FN2OS. The Morgan fingerprint density at radius 3 is 2.85 bits per heavy atom. The van der Waals surface area contributed by atoms with E-state index in [0.29, 0.717) is 12.3 Å². The number of carbonyl (C=O) groups excluding carboxylic acids is 1. The number of hydrogen-bond donors (Lipinski definition) is 2. The van der Waals surface area contributed by atoms with Gasteiger partial charge in [0.25, 0.3) is 0 Å². The molecule has 0 bridgehead atoms. The van der Waals surface area contributed by atoms with Crippen molar-refractivity contribution in [2.75, 3.05) is 25.4 Å². The quantitative estimate of drug-likeness (QED) is 0.791. The lowest BCUT2D eigenvalue weighted by Crippen LogP contribution is -2.38. The lowest BCUT2D eigenvalue weighted by atomic mass is 9.97. The van der Waals surface area contributed by atoms with E-state index < -0.39 is 0 Å². The van der Waals surface area contributed by atoms with E-state index in [2.05, 4.69) is 10.6 Å². The van der Waals surface area contributed by atoms with Gasteiger partial charge in [-0.3, -0.25) is 4.79 Å². The molecule has 1 aliphatic rings. The third kappa shape index (κ3) is 4.80. The molecule has 1 aliphatic heterocycles. The van der Waals surface area contributed by atoms with Crippen LogP contribution in [0.25, 0.3) is 0 Å². The van der Waals surface area contributed by atoms with Gasteiger partial charge in [-0.05, 0) is 37.6 Å². The van der Waals surface area contributed by atoms with Gasteiger partial charge in [0.15, 0.2) is 0 Å². The van der Waals surface area contributed by atoms with Crippen molar-refractivity contribution in [3.8, 4) is 0 Å². The Morgan fingerprint density at radius 2 is 2.10 bits per heavy atom. The summed E-state index contributed by atoms with van der Waals surface area (Å²) in [5.41, 5.74) is 0.724. The number of piperidine rings is 1. The van der Waals surface area contributed by atoms with Gasteiger partial charge >= 0.3 is 0 Å². The SMILES string of the molecule is O=C(NCCSCc1ccccc1F)C1CCNCC1. The third-order valence-corrected chi connectivity index (χ3v) is 4.48. The second-order valence-corrected chi connectivity index (χ2v) is 6.06. The zero-order valence-electron chi connectivity index (χ0n) is 11.5. The molecule has 1 aromatic rings. The second kappa shape index (κ2) is 8.27. The van der Waals surface area contributed by atoms with Crippen LogP contribution in [0.4, 0.5) is 4.39 Å². The first-order chi connectivity index (χ1) is 9.77. The van der Waals surface area contributed by atoms with Crippen molar-refractivity contribution >= 4 is 17.7 Å². The Balaban J connectivity index is 1.59. The van der Waals surface area contributed by atoms with Crippen molar-refractivity contribution in [1.82, 2.24) is 10.6 Å². The molecule has 3 nitrogen and oxygen atoms in total. The molecule has 0 radical (unpaired) electrons. The lowest BCUT2D eigenvalue weighted by Gasteiger charge is -2.21. The maximum absolute atomic E-state index is 13.4. The van der Waals surface area contributed by atoms with Crippen LogP contribution in [0.2, 0.25) is 0 Å². The predicted octanol–water partition coefficient (Wildman–Crippen LogP) is 2.17. The van der Waals surface area contributed by atoms with Crippen LogP contribution < -0.4 is 10.6 Å². The minimum absolute atomic E-state index is 0.154. The Morgan fingerprint density at radius 1 is 1.35 bits per heavy atom. The molecular weight excluding hydrogens is 275 g/mol. The monoisotopic (exact) mass is 296 g/mol. The summed E-state index contributed by atoms with van der Waals surface area (Å²) >= 11 is 1.64. The van der Waals surface area contributed by atoms with Crippen LogP contribution in [0.15, 0.2) is 24.3 Å². The van der Waals surface area contributed by atoms with Crippen molar-refractivity contribution in [1.29, 1.82) is 0 Å². The smallest absolute Gasteiger partial charge is 0.223 e. The molecule has 0 saturated carbocycles. The molecule has 1 fully saturated rings. The highest BCUT2D eigenvalue weighted by molar-refractivity contribution is 7.98. The average molecular weight is 296 g/mol. The first kappa shape index (κ1) is 15.3. The summed E-state index contributed by atoms with van der Waals surface area (Å²) < 4.78 is 13.4. The third-order valence-electron chi connectivity index (χ3n) is 3.47. The summed E-state index contributed by atoms with van der Waals surface area (Å²) in [6.07, 6.45) is 1.85. The number of hydrogen-bond acceptors (Lipinski definition) is 3. The second-order valence-electron chi connectivity index (χ2n) is 4.96. The summed E-state index contributed by atoms with van der Waals surface area (Å²) in [4.78, 5) is 11.9. The molecule has 0 unspecified atom stereocenters. The van der Waals surface area contributed by atoms with Gasteiger partial charge in [-0.15, -0.1) is 0 Å². The molecule has 0 aromatic heterocycles. The molecule has 2 rings (SSSR count). The van der Waals surface area contributed by atoms with E-state index in [1.165, 1.54) is 6.07 Å². The zero-order valence-corrected chi connectivity index (χ0v) is 12.3. The van der Waals surface area contributed by atoms with Crippen molar-refractivity contribution in [3.05, 3.63) is 35.6 Å². The Kier molecular flexibility index (Phi) is 6.33. The van der Waals surface area contributed by atoms with Crippen molar-refractivity contribution in [3.63, 3.8) is 0 Å². The highest BCUT2D eigenvalue weighted by atomic mass is 32.2. The van der Waals surface area contributed by atoms with E-state index in [4.69, 9.17) is 0 Å². The Bertz CT molecular complexity index is 436. The molecule has 1 amide bonds. The number of thioether (sulfide) groups is 1. The largest absolute Gasteiger partial charge is 0.355 e. The van der Waals surface area contributed by atoms with E-state index in [-0.39, 0.29) is 17.6 Å². The number of amides is 1. The van der Waals surface area contributed by atoms with Crippen LogP contribution in [0.5, 0.6) is 0 Å². The Labute approximate surface area is 123 Å². The molecule has 110 valence electrons. The first-order valence-electron chi connectivity index (χ1n) is 7.07. The first-order valence-corrected chi connectivity index (χ1v) is 8.22. The molecule has 1 saturated heterocycles. The van der Waals surface area contributed by atoms with E-state index in [9.17, 15) is 9.18 Å². The standard InChI is InChI=1S/C15H21FN2OS/c16-14-4-2-1-3-13(14)11-20-10-9-18-15(19)12-5-7-17-8-6-12/h1-4,12,17H,5-11H2,(H,18,19). The number of carbonyl (C=O) groups is 1. The molecule has 2 N–H and O–H groups in total. The van der Waals surface area contributed by atoms with Gasteiger partial charge in [-0.25, -0.2) is 4.39 Å². The van der Waals surface area contributed by atoms with Crippen LogP contribution in [0.3, 0.4) is 0 Å². The molecule has 0 atom stereocenters. The number of benzene rings is 1. The minimum Gasteiger partial charge on any atom is -0.355 e. The van der Waals surface area contributed by atoms with E-state index in [1.54, 1.807) is 23.9 Å². The molecule has 20 heavy (non-hydrogen) atoms. The lowest BCUT2D eigenvalue weighted by molar-refractivity contribution is -0.125. The molecule has 1 aromatic carbocycles. The van der Waals surface area contributed by atoms with Gasteiger partial charge in [0.1, 0.15) is 5.82 Å². The maximum Gasteiger partial charge on any atom is 0.223 e. The van der Waals surface area contributed by atoms with E-state index in [1.807, 2.05) is 6.07 Å². The normalized spacial score (nSPS) is 16.1. The molecule has 0 aliphatic carbocycles. The summed E-state index contributed by atoms with van der Waals surface area (Å²) in [5.74, 6) is 1.63. The van der Waals surface area contributed by atoms with Gasteiger partial charge in [0.05, 0.1) is 0 Å². The maximum atomic E-state index is 13.4. The fourth-order valence-electron chi connectivity index (χ4n) is 2.27. The summed E-state index contributed by atoms with van der Waals surface area (Å²) in [5, 5.41) is 6.22. The summed E-state index contributed by atoms with van der Waals surface area (Å²) in [6, 6.07) is 6.82. The van der Waals surface area contributed by atoms with Crippen molar-refractivity contribution in [2.24, 2.45) is 5.92 Å². The van der Waals surface area contributed by atoms with Crippen LogP contribution in [-0.2, 0) is 10.5 Å². The van der Waals surface area contributed by atoms with Gasteiger partial charge < -0.3 is 10.6 Å². The van der Waals surface area contributed by atoms with Gasteiger partial charge in [0.2, 0.25) is 5.91 Å². The highest BCUT2D eigenvalue weighted by Crippen LogP contribution is 2.15. The molecule has 0 spiro atoms. The summed E-state index contributed by atoms with van der Waals surface area (Å²) in [7, 11) is 0.